The summed E-state index contributed by atoms with van der Waals surface area (Å²) in [6, 6.07) is 12.1. The van der Waals surface area contributed by atoms with E-state index in [1.54, 1.807) is 0 Å². The number of aliphatic hydroxyl groups is 1. The molecule has 0 aromatic heterocycles. The lowest BCUT2D eigenvalue weighted by Crippen LogP contribution is -2.33. The smallest absolute Gasteiger partial charge is 0.341 e. The van der Waals surface area contributed by atoms with Crippen molar-refractivity contribution in [3.05, 3.63) is 82.4 Å². The molecule has 3 aromatic rings. The molecule has 0 aliphatic rings. The Balaban J connectivity index is 2.11. The monoisotopic (exact) mass is 536 g/mol. The van der Waals surface area contributed by atoms with E-state index < -0.39 is 40.8 Å². The first-order valence-electron chi connectivity index (χ1n) is 10.3. The second-order valence-electron chi connectivity index (χ2n) is 7.48. The molecule has 0 saturated carbocycles. The van der Waals surface area contributed by atoms with Crippen molar-refractivity contribution in [2.24, 2.45) is 0 Å². The zero-order valence-corrected chi connectivity index (χ0v) is 20.1. The van der Waals surface area contributed by atoms with Crippen molar-refractivity contribution < 1.29 is 36.9 Å². The van der Waals surface area contributed by atoms with Gasteiger partial charge >= 0.3 is 5.97 Å². The highest BCUT2D eigenvalue weighted by atomic mass is 35.5. The third kappa shape index (κ3) is 6.35. The Morgan fingerprint density at radius 3 is 2.39 bits per heavy atom. The quantitative estimate of drug-likeness (QED) is 0.403. The lowest BCUT2D eigenvalue weighted by atomic mass is 9.99. The van der Waals surface area contributed by atoms with E-state index in [0.29, 0.717) is 0 Å². The van der Waals surface area contributed by atoms with E-state index in [2.05, 4.69) is 0 Å². The average Bonchev–Trinajstić information content (AvgIpc) is 2.83. The highest BCUT2D eigenvalue weighted by Gasteiger charge is 2.26. The van der Waals surface area contributed by atoms with Crippen LogP contribution in [0.5, 0.6) is 5.75 Å². The van der Waals surface area contributed by atoms with Crippen LogP contribution in [0.4, 0.5) is 8.78 Å². The zero-order chi connectivity index (χ0) is 26.5. The highest BCUT2D eigenvalue weighted by Crippen LogP contribution is 2.37. The van der Waals surface area contributed by atoms with Crippen LogP contribution in [0.15, 0.2) is 59.5 Å². The summed E-state index contributed by atoms with van der Waals surface area (Å²) in [5, 5.41) is 27.7. The number of rotatable bonds is 10. The largest absolute Gasteiger partial charge is 0.481 e. The fraction of sp³-hybridized carbons (Fsp3) is 0.167. The number of sulfonamides is 1. The van der Waals surface area contributed by atoms with E-state index in [4.69, 9.17) is 21.4 Å². The van der Waals surface area contributed by atoms with Gasteiger partial charge in [0.2, 0.25) is 10.0 Å². The van der Waals surface area contributed by atoms with E-state index in [0.717, 1.165) is 40.7 Å². The van der Waals surface area contributed by atoms with Gasteiger partial charge in [0.05, 0.1) is 23.1 Å². The van der Waals surface area contributed by atoms with Crippen LogP contribution in [-0.2, 0) is 21.4 Å². The molecule has 0 aliphatic carbocycles. The molecule has 12 heteroatoms. The minimum atomic E-state index is -4.19. The Morgan fingerprint density at radius 2 is 1.78 bits per heavy atom. The molecule has 0 saturated heterocycles. The lowest BCUT2D eigenvalue weighted by molar-refractivity contribution is -0.139. The van der Waals surface area contributed by atoms with Crippen LogP contribution < -0.4 is 4.74 Å². The molecule has 0 unspecified atom stereocenters. The molecule has 3 aromatic carbocycles. The number of benzene rings is 3. The predicted molar refractivity (Wildman–Crippen MR) is 126 cm³/mol. The van der Waals surface area contributed by atoms with Gasteiger partial charge in [-0.25, -0.2) is 22.0 Å². The Hall–Kier alpha value is -3.56. The van der Waals surface area contributed by atoms with Gasteiger partial charge in [-0.05, 0) is 65.7 Å². The number of aliphatic hydroxyl groups excluding tert-OH is 1. The molecule has 188 valence electrons. The van der Waals surface area contributed by atoms with Crippen LogP contribution in [0, 0.1) is 23.0 Å². The van der Waals surface area contributed by atoms with Gasteiger partial charge in [0.25, 0.3) is 0 Å². The number of aliphatic carboxylic acids is 1. The van der Waals surface area contributed by atoms with Crippen molar-refractivity contribution in [1.82, 2.24) is 4.31 Å². The van der Waals surface area contributed by atoms with Gasteiger partial charge in [-0.3, -0.25) is 0 Å². The predicted octanol–water partition coefficient (Wildman–Crippen LogP) is 3.80. The zero-order valence-electron chi connectivity index (χ0n) is 18.5. The third-order valence-electron chi connectivity index (χ3n) is 4.99. The standard InChI is InChI=1S/C24H19ClF2N2O6S/c25-22-11-23(35-14-24(31)32)21(16-7-15(12-28)8-19(27)9-16)10-17(22)13-29(5-6-30)36(33,34)20-3-1-18(26)2-4-20/h1-4,7-11,30H,5-6,13-14H2,(H,31,32). The molecule has 0 spiro atoms. The van der Waals surface area contributed by atoms with Crippen LogP contribution in [0.25, 0.3) is 11.1 Å². The van der Waals surface area contributed by atoms with Crippen LogP contribution >= 0.6 is 11.6 Å². The Kier molecular flexibility index (Phi) is 8.60. The van der Waals surface area contributed by atoms with Crippen molar-refractivity contribution in [1.29, 1.82) is 5.26 Å². The van der Waals surface area contributed by atoms with Crippen molar-refractivity contribution in [2.45, 2.75) is 11.4 Å². The van der Waals surface area contributed by atoms with Gasteiger partial charge < -0.3 is 14.9 Å². The molecule has 0 radical (unpaired) electrons. The van der Waals surface area contributed by atoms with Crippen molar-refractivity contribution in [3.8, 4) is 22.9 Å². The number of nitrogens with zero attached hydrogens (tertiary/aromatic N) is 2. The summed E-state index contributed by atoms with van der Waals surface area (Å²) in [6.45, 7) is -1.92. The highest BCUT2D eigenvalue weighted by molar-refractivity contribution is 7.89. The van der Waals surface area contributed by atoms with Crippen LogP contribution in [0.3, 0.4) is 0 Å². The van der Waals surface area contributed by atoms with E-state index in [-0.39, 0.29) is 51.0 Å². The van der Waals surface area contributed by atoms with Gasteiger partial charge in [0.15, 0.2) is 6.61 Å². The summed E-state index contributed by atoms with van der Waals surface area (Å²) >= 11 is 6.37. The van der Waals surface area contributed by atoms with Crippen LogP contribution in [0.2, 0.25) is 5.02 Å². The molecule has 0 amide bonds. The summed E-state index contributed by atoms with van der Waals surface area (Å²) in [5.74, 6) is -2.67. The van der Waals surface area contributed by atoms with Crippen molar-refractivity contribution in [2.75, 3.05) is 19.8 Å². The summed E-state index contributed by atoms with van der Waals surface area (Å²) in [4.78, 5) is 10.8. The maximum Gasteiger partial charge on any atom is 0.341 e. The maximum absolute atomic E-state index is 14.2. The molecule has 0 fully saturated rings. The van der Waals surface area contributed by atoms with Crippen LogP contribution in [0.1, 0.15) is 11.1 Å². The molecule has 36 heavy (non-hydrogen) atoms. The number of carboxylic acid groups (broad SMARTS) is 1. The number of nitriles is 1. The first-order valence-corrected chi connectivity index (χ1v) is 12.1. The van der Waals surface area contributed by atoms with E-state index >= 15 is 0 Å². The molecule has 0 atom stereocenters. The van der Waals surface area contributed by atoms with Gasteiger partial charge in [-0.2, -0.15) is 9.57 Å². The van der Waals surface area contributed by atoms with Crippen molar-refractivity contribution in [3.63, 3.8) is 0 Å². The fourth-order valence-corrected chi connectivity index (χ4v) is 4.98. The normalized spacial score (nSPS) is 11.3. The molecule has 0 aliphatic heterocycles. The first-order chi connectivity index (χ1) is 17.0. The molecule has 0 heterocycles. The van der Waals surface area contributed by atoms with Crippen molar-refractivity contribution >= 4 is 27.6 Å². The minimum absolute atomic E-state index is 0.00768. The second-order valence-corrected chi connectivity index (χ2v) is 9.82. The molecule has 0 bridgehead atoms. The second kappa shape index (κ2) is 11.5. The van der Waals surface area contributed by atoms with Crippen LogP contribution in [-0.4, -0.2) is 48.7 Å². The van der Waals surface area contributed by atoms with Gasteiger partial charge in [-0.15, -0.1) is 0 Å². The molecule has 3 rings (SSSR count). The first kappa shape index (κ1) is 27.0. The summed E-state index contributed by atoms with van der Waals surface area (Å²) in [7, 11) is -4.19. The fourth-order valence-electron chi connectivity index (χ4n) is 3.36. The maximum atomic E-state index is 14.2. The molecular formula is C24H19ClF2N2O6S. The van der Waals surface area contributed by atoms with E-state index in [9.17, 15) is 32.4 Å². The number of carboxylic acids is 1. The average molecular weight is 537 g/mol. The number of hydrogen-bond acceptors (Lipinski definition) is 6. The third-order valence-corrected chi connectivity index (χ3v) is 7.20. The Bertz CT molecular complexity index is 1430. The summed E-state index contributed by atoms with van der Waals surface area (Å²) < 4.78 is 60.0. The number of halogens is 3. The van der Waals surface area contributed by atoms with Gasteiger partial charge in [-0.1, -0.05) is 11.6 Å². The molecule has 2 N–H and O–H groups in total. The number of carbonyl (C=O) groups is 1. The van der Waals surface area contributed by atoms with E-state index in [1.807, 2.05) is 6.07 Å². The lowest BCUT2D eigenvalue weighted by Gasteiger charge is -2.23. The SMILES string of the molecule is N#Cc1cc(F)cc(-c2cc(CN(CCO)S(=O)(=O)c3ccc(F)cc3)c(Cl)cc2OCC(=O)O)c1. The van der Waals surface area contributed by atoms with Gasteiger partial charge in [0, 0.05) is 23.7 Å². The Morgan fingerprint density at radius 1 is 1.08 bits per heavy atom. The summed E-state index contributed by atoms with van der Waals surface area (Å²) in [5.41, 5.74) is 0.539. The van der Waals surface area contributed by atoms with Gasteiger partial charge in [0.1, 0.15) is 17.4 Å². The van der Waals surface area contributed by atoms with E-state index in [1.165, 1.54) is 18.2 Å². The summed E-state index contributed by atoms with van der Waals surface area (Å²) in [6.07, 6.45) is 0. The number of ether oxygens (including phenoxy) is 1. The topological polar surface area (TPSA) is 128 Å². The Labute approximate surface area is 210 Å². The number of hydrogen-bond donors (Lipinski definition) is 2. The molecule has 8 nitrogen and oxygen atoms in total. The minimum Gasteiger partial charge on any atom is -0.481 e. The molecular weight excluding hydrogens is 518 g/mol.